The van der Waals surface area contributed by atoms with Crippen LogP contribution in [0.15, 0.2) is 30.3 Å². The van der Waals surface area contributed by atoms with Crippen LogP contribution in [0.25, 0.3) is 0 Å². The summed E-state index contributed by atoms with van der Waals surface area (Å²) in [6, 6.07) is 10.8. The Morgan fingerprint density at radius 1 is 1.00 bits per heavy atom. The van der Waals surface area contributed by atoms with Gasteiger partial charge in [0, 0.05) is 0 Å². The number of rotatable bonds is 1. The van der Waals surface area contributed by atoms with Crippen LogP contribution in [0.2, 0.25) is 0 Å². The normalized spacial score (nSPS) is 18.5. The fourth-order valence-corrected chi connectivity index (χ4v) is 2.86. The molecule has 0 spiro atoms. The zero-order chi connectivity index (χ0) is 8.23. The standard InChI is InChI=1S/C11H13P/c1-2-6-10(7-3-1)11-8-4-5-9-12-11/h1-3,6-7H,4-5,8-9H2. The van der Waals surface area contributed by atoms with Crippen LogP contribution in [0.4, 0.5) is 0 Å². The summed E-state index contributed by atoms with van der Waals surface area (Å²) in [5.74, 6) is 0. The Hall–Kier alpha value is -0.610. The average Bonchev–Trinajstić information content (AvgIpc) is 2.21. The van der Waals surface area contributed by atoms with Gasteiger partial charge in [0.2, 0.25) is 0 Å². The predicted molar refractivity (Wildman–Crippen MR) is 56.2 cm³/mol. The second kappa shape index (κ2) is 3.87. The van der Waals surface area contributed by atoms with Crippen LogP contribution in [0.5, 0.6) is 0 Å². The van der Waals surface area contributed by atoms with Gasteiger partial charge in [0.1, 0.15) is 0 Å². The first-order valence-corrected chi connectivity index (χ1v) is 5.63. The van der Waals surface area contributed by atoms with Gasteiger partial charge in [-0.25, -0.2) is 0 Å². The molecule has 0 N–H and O–H groups in total. The lowest BCUT2D eigenvalue weighted by Crippen LogP contribution is -2.02. The molecule has 1 aliphatic rings. The molecule has 0 saturated heterocycles. The molecule has 1 heterocycles. The van der Waals surface area contributed by atoms with Gasteiger partial charge in [0.15, 0.2) is 0 Å². The van der Waals surface area contributed by atoms with E-state index in [2.05, 4.69) is 30.3 Å². The van der Waals surface area contributed by atoms with E-state index in [9.17, 15) is 0 Å². The van der Waals surface area contributed by atoms with Crippen molar-refractivity contribution < 1.29 is 0 Å². The Bertz CT molecular complexity index is 274. The lowest BCUT2D eigenvalue weighted by molar-refractivity contribution is 0.840. The summed E-state index contributed by atoms with van der Waals surface area (Å²) in [6.45, 7) is 0. The van der Waals surface area contributed by atoms with Crippen LogP contribution >= 0.6 is 8.20 Å². The number of benzene rings is 1. The van der Waals surface area contributed by atoms with Crippen molar-refractivity contribution in [1.82, 2.24) is 0 Å². The molecule has 0 amide bonds. The SMILES string of the molecule is c1ccc(C2=PCCCC2)cc1. The predicted octanol–water partition coefficient (Wildman–Crippen LogP) is 3.34. The molecule has 0 aromatic heterocycles. The fourth-order valence-electron chi connectivity index (χ4n) is 1.56. The van der Waals surface area contributed by atoms with Gasteiger partial charge in [-0.1, -0.05) is 30.3 Å². The van der Waals surface area contributed by atoms with Crippen molar-refractivity contribution in [3.8, 4) is 0 Å². The van der Waals surface area contributed by atoms with Crippen molar-refractivity contribution in [3.05, 3.63) is 35.9 Å². The van der Waals surface area contributed by atoms with Gasteiger partial charge in [0.05, 0.1) is 0 Å². The van der Waals surface area contributed by atoms with Gasteiger partial charge >= 0.3 is 0 Å². The molecule has 62 valence electrons. The zero-order valence-corrected chi connectivity index (χ0v) is 8.06. The molecule has 1 aromatic rings. The summed E-state index contributed by atoms with van der Waals surface area (Å²) in [5.41, 5.74) is 1.46. The van der Waals surface area contributed by atoms with Gasteiger partial charge in [0.25, 0.3) is 0 Å². The van der Waals surface area contributed by atoms with Crippen molar-refractivity contribution in [3.63, 3.8) is 0 Å². The molecule has 1 aliphatic heterocycles. The molecule has 2 rings (SSSR count). The van der Waals surface area contributed by atoms with Crippen molar-refractivity contribution >= 4 is 13.5 Å². The van der Waals surface area contributed by atoms with E-state index in [0.29, 0.717) is 0 Å². The second-order valence-electron chi connectivity index (χ2n) is 3.15. The average molecular weight is 176 g/mol. The molecule has 0 fully saturated rings. The maximum Gasteiger partial charge on any atom is -0.0103 e. The number of hydrogen-bond acceptors (Lipinski definition) is 0. The van der Waals surface area contributed by atoms with Crippen LogP contribution < -0.4 is 0 Å². The van der Waals surface area contributed by atoms with Crippen LogP contribution in [-0.2, 0) is 0 Å². The highest BCUT2D eigenvalue weighted by Crippen LogP contribution is 2.21. The number of hydrogen-bond donors (Lipinski definition) is 0. The molecular formula is C11H13P. The summed E-state index contributed by atoms with van der Waals surface area (Å²) in [4.78, 5) is 0. The molecule has 12 heavy (non-hydrogen) atoms. The molecule has 1 aromatic carbocycles. The van der Waals surface area contributed by atoms with E-state index in [1.165, 1.54) is 31.0 Å². The molecule has 0 atom stereocenters. The third kappa shape index (κ3) is 1.76. The highest BCUT2D eigenvalue weighted by molar-refractivity contribution is 7.41. The Morgan fingerprint density at radius 3 is 2.50 bits per heavy atom. The highest BCUT2D eigenvalue weighted by Gasteiger charge is 2.05. The topological polar surface area (TPSA) is 0 Å². The first-order chi connectivity index (χ1) is 5.97. The third-order valence-corrected chi connectivity index (χ3v) is 3.63. The monoisotopic (exact) mass is 176 g/mol. The maximum absolute atomic E-state index is 2.23. The maximum atomic E-state index is 2.23. The minimum atomic E-state index is 1.31. The van der Waals surface area contributed by atoms with Gasteiger partial charge in [-0.15, -0.1) is 8.20 Å². The van der Waals surface area contributed by atoms with Crippen molar-refractivity contribution in [1.29, 1.82) is 0 Å². The quantitative estimate of drug-likeness (QED) is 0.576. The molecule has 0 aliphatic carbocycles. The van der Waals surface area contributed by atoms with Gasteiger partial charge < -0.3 is 0 Å². The fraction of sp³-hybridized carbons (Fsp3) is 0.364. The third-order valence-electron chi connectivity index (χ3n) is 2.23. The summed E-state index contributed by atoms with van der Waals surface area (Å²) >= 11 is 0. The van der Waals surface area contributed by atoms with E-state index in [-0.39, 0.29) is 0 Å². The van der Waals surface area contributed by atoms with Crippen LogP contribution in [0, 0.1) is 0 Å². The summed E-state index contributed by atoms with van der Waals surface area (Å²) in [6.07, 6.45) is 5.48. The molecule has 0 radical (unpaired) electrons. The van der Waals surface area contributed by atoms with Crippen LogP contribution in [0.3, 0.4) is 0 Å². The highest BCUT2D eigenvalue weighted by atomic mass is 31.1. The molecular weight excluding hydrogens is 163 g/mol. The van der Waals surface area contributed by atoms with Gasteiger partial charge in [-0.05, 0) is 36.3 Å². The van der Waals surface area contributed by atoms with E-state index in [1.807, 2.05) is 0 Å². The second-order valence-corrected chi connectivity index (χ2v) is 4.45. The molecule has 0 saturated carbocycles. The summed E-state index contributed by atoms with van der Waals surface area (Å²) in [7, 11) is 1.56. The largest absolute Gasteiger partial charge is 0.100 e. The van der Waals surface area contributed by atoms with Gasteiger partial charge in [-0.2, -0.15) is 0 Å². The Kier molecular flexibility index (Phi) is 2.58. The van der Waals surface area contributed by atoms with Crippen molar-refractivity contribution in [2.75, 3.05) is 6.16 Å². The lowest BCUT2D eigenvalue weighted by atomic mass is 10.1. The van der Waals surface area contributed by atoms with Crippen molar-refractivity contribution in [2.24, 2.45) is 0 Å². The molecule has 0 bridgehead atoms. The van der Waals surface area contributed by atoms with Crippen molar-refractivity contribution in [2.45, 2.75) is 19.3 Å². The zero-order valence-electron chi connectivity index (χ0n) is 7.16. The minimum Gasteiger partial charge on any atom is -0.100 e. The summed E-state index contributed by atoms with van der Waals surface area (Å²) < 4.78 is 0. The molecule has 0 unspecified atom stereocenters. The summed E-state index contributed by atoms with van der Waals surface area (Å²) in [5, 5.41) is 1.64. The van der Waals surface area contributed by atoms with E-state index in [4.69, 9.17) is 0 Å². The van der Waals surface area contributed by atoms with Crippen LogP contribution in [0.1, 0.15) is 24.8 Å². The first kappa shape index (κ1) is 8.01. The lowest BCUT2D eigenvalue weighted by Gasteiger charge is -2.11. The molecule has 1 heteroatoms. The Balaban J connectivity index is 2.24. The first-order valence-electron chi connectivity index (χ1n) is 4.55. The Labute approximate surface area is 75.4 Å². The smallest absolute Gasteiger partial charge is 0.0103 e. The van der Waals surface area contributed by atoms with Gasteiger partial charge in [-0.3, -0.25) is 0 Å². The van der Waals surface area contributed by atoms with E-state index >= 15 is 0 Å². The Morgan fingerprint density at radius 2 is 1.83 bits per heavy atom. The van der Waals surface area contributed by atoms with E-state index in [1.54, 1.807) is 13.5 Å². The molecule has 0 nitrogen and oxygen atoms in total. The van der Waals surface area contributed by atoms with Crippen LogP contribution in [-0.4, -0.2) is 11.5 Å². The van der Waals surface area contributed by atoms with E-state index in [0.717, 1.165) is 0 Å². The minimum absolute atomic E-state index is 1.31. The van der Waals surface area contributed by atoms with E-state index < -0.39 is 0 Å².